The Balaban J connectivity index is 1.84. The maximum absolute atomic E-state index is 5.43. The summed E-state index contributed by atoms with van der Waals surface area (Å²) in [5.41, 5.74) is 0. The Kier molecular flexibility index (Phi) is 4.02. The number of hydrogen-bond donors (Lipinski definition) is 1. The van der Waals surface area contributed by atoms with Crippen LogP contribution in [0.15, 0.2) is 22.8 Å². The van der Waals surface area contributed by atoms with Crippen LogP contribution < -0.4 is 5.32 Å². The van der Waals surface area contributed by atoms with E-state index in [4.69, 9.17) is 9.15 Å². The van der Waals surface area contributed by atoms with Crippen LogP contribution in [0.3, 0.4) is 0 Å². The summed E-state index contributed by atoms with van der Waals surface area (Å²) in [5.74, 6) is 1.01. The molecule has 2 unspecified atom stereocenters. The summed E-state index contributed by atoms with van der Waals surface area (Å²) in [7, 11) is 1.81. The highest BCUT2D eigenvalue weighted by atomic mass is 16.5. The van der Waals surface area contributed by atoms with Crippen molar-refractivity contribution in [2.24, 2.45) is 0 Å². The zero-order valence-electron chi connectivity index (χ0n) is 10.1. The SMILES string of the molecule is COC1CCCC(N[C@H](C)c2ccco2)C1. The summed E-state index contributed by atoms with van der Waals surface area (Å²) < 4.78 is 10.8. The van der Waals surface area contributed by atoms with Crippen LogP contribution in [-0.4, -0.2) is 19.3 Å². The van der Waals surface area contributed by atoms with E-state index in [-0.39, 0.29) is 6.04 Å². The third-order valence-corrected chi connectivity index (χ3v) is 3.42. The summed E-state index contributed by atoms with van der Waals surface area (Å²) in [6, 6.07) is 4.80. The standard InChI is InChI=1S/C13H21NO2/c1-10(13-7-4-8-16-13)14-11-5-3-6-12(9-11)15-2/h4,7-8,10-12,14H,3,5-6,9H2,1-2H3/t10-,11?,12?/m1/s1. The van der Waals surface area contributed by atoms with Gasteiger partial charge < -0.3 is 14.5 Å². The lowest BCUT2D eigenvalue weighted by atomic mass is 9.92. The van der Waals surface area contributed by atoms with Crippen molar-refractivity contribution in [3.8, 4) is 0 Å². The lowest BCUT2D eigenvalue weighted by molar-refractivity contribution is 0.0568. The van der Waals surface area contributed by atoms with Crippen LogP contribution in [0.1, 0.15) is 44.4 Å². The molecule has 0 radical (unpaired) electrons. The van der Waals surface area contributed by atoms with Gasteiger partial charge in [-0.2, -0.15) is 0 Å². The predicted molar refractivity (Wildman–Crippen MR) is 63.3 cm³/mol. The molecule has 1 fully saturated rings. The fourth-order valence-electron chi connectivity index (χ4n) is 2.48. The van der Waals surface area contributed by atoms with Crippen LogP contribution in [-0.2, 0) is 4.74 Å². The first kappa shape index (κ1) is 11.7. The van der Waals surface area contributed by atoms with Gasteiger partial charge in [-0.1, -0.05) is 0 Å². The molecular formula is C13H21NO2. The summed E-state index contributed by atoms with van der Waals surface area (Å²) >= 11 is 0. The molecular weight excluding hydrogens is 202 g/mol. The zero-order chi connectivity index (χ0) is 11.4. The van der Waals surface area contributed by atoms with E-state index in [0.29, 0.717) is 12.1 Å². The Hall–Kier alpha value is -0.800. The van der Waals surface area contributed by atoms with Gasteiger partial charge in [-0.15, -0.1) is 0 Å². The molecule has 3 heteroatoms. The molecule has 0 spiro atoms. The smallest absolute Gasteiger partial charge is 0.120 e. The largest absolute Gasteiger partial charge is 0.468 e. The molecule has 1 aliphatic rings. The van der Waals surface area contributed by atoms with Gasteiger partial charge >= 0.3 is 0 Å². The van der Waals surface area contributed by atoms with Gasteiger partial charge in [0.15, 0.2) is 0 Å². The minimum Gasteiger partial charge on any atom is -0.468 e. The van der Waals surface area contributed by atoms with Gasteiger partial charge in [0.25, 0.3) is 0 Å². The quantitative estimate of drug-likeness (QED) is 0.852. The maximum Gasteiger partial charge on any atom is 0.120 e. The van der Waals surface area contributed by atoms with Crippen molar-refractivity contribution in [3.63, 3.8) is 0 Å². The molecule has 1 aromatic heterocycles. The van der Waals surface area contributed by atoms with Crippen molar-refractivity contribution < 1.29 is 9.15 Å². The topological polar surface area (TPSA) is 34.4 Å². The summed E-state index contributed by atoms with van der Waals surface area (Å²) in [6.07, 6.45) is 6.96. The molecule has 1 aromatic rings. The molecule has 1 N–H and O–H groups in total. The molecule has 0 aromatic carbocycles. The van der Waals surface area contributed by atoms with Gasteiger partial charge in [0, 0.05) is 13.2 Å². The molecule has 16 heavy (non-hydrogen) atoms. The molecule has 1 heterocycles. The molecule has 0 saturated heterocycles. The number of nitrogens with one attached hydrogen (secondary N) is 1. The van der Waals surface area contributed by atoms with Gasteiger partial charge in [-0.05, 0) is 44.7 Å². The first-order valence-corrected chi connectivity index (χ1v) is 6.12. The second-order valence-electron chi connectivity index (χ2n) is 4.63. The van der Waals surface area contributed by atoms with E-state index >= 15 is 0 Å². The highest BCUT2D eigenvalue weighted by Gasteiger charge is 2.23. The predicted octanol–water partition coefficient (Wildman–Crippen LogP) is 2.89. The first-order valence-electron chi connectivity index (χ1n) is 6.12. The number of methoxy groups -OCH3 is 1. The molecule has 0 aliphatic heterocycles. The van der Waals surface area contributed by atoms with E-state index in [1.54, 1.807) is 6.26 Å². The Morgan fingerprint density at radius 1 is 1.50 bits per heavy atom. The van der Waals surface area contributed by atoms with Gasteiger partial charge in [0.2, 0.25) is 0 Å². The van der Waals surface area contributed by atoms with Crippen molar-refractivity contribution in [2.45, 2.75) is 50.8 Å². The third-order valence-electron chi connectivity index (χ3n) is 3.42. The van der Waals surface area contributed by atoms with Gasteiger partial charge in [-0.25, -0.2) is 0 Å². The van der Waals surface area contributed by atoms with Gasteiger partial charge in [0.1, 0.15) is 5.76 Å². The summed E-state index contributed by atoms with van der Waals surface area (Å²) in [6.45, 7) is 2.15. The average Bonchev–Trinajstić information content (AvgIpc) is 2.83. The number of hydrogen-bond acceptors (Lipinski definition) is 3. The fraction of sp³-hybridized carbons (Fsp3) is 0.692. The summed E-state index contributed by atoms with van der Waals surface area (Å²) in [4.78, 5) is 0. The Morgan fingerprint density at radius 2 is 2.38 bits per heavy atom. The van der Waals surface area contributed by atoms with Crippen molar-refractivity contribution in [2.75, 3.05) is 7.11 Å². The number of ether oxygens (including phenoxy) is 1. The lowest BCUT2D eigenvalue weighted by Gasteiger charge is -2.30. The minimum absolute atomic E-state index is 0.288. The van der Waals surface area contributed by atoms with Crippen LogP contribution in [0.25, 0.3) is 0 Å². The average molecular weight is 223 g/mol. The second-order valence-corrected chi connectivity index (χ2v) is 4.63. The van der Waals surface area contributed by atoms with E-state index in [2.05, 4.69) is 12.2 Å². The number of rotatable bonds is 4. The van der Waals surface area contributed by atoms with Crippen LogP contribution in [0.5, 0.6) is 0 Å². The van der Waals surface area contributed by atoms with Gasteiger partial charge in [-0.3, -0.25) is 0 Å². The molecule has 1 saturated carbocycles. The van der Waals surface area contributed by atoms with Crippen molar-refractivity contribution in [3.05, 3.63) is 24.2 Å². The summed E-state index contributed by atoms with van der Waals surface area (Å²) in [5, 5.41) is 3.61. The molecule has 2 rings (SSSR count). The normalized spacial score (nSPS) is 27.9. The van der Waals surface area contributed by atoms with Crippen LogP contribution in [0.4, 0.5) is 0 Å². The van der Waals surface area contributed by atoms with E-state index < -0.39 is 0 Å². The van der Waals surface area contributed by atoms with E-state index in [9.17, 15) is 0 Å². The highest BCUT2D eigenvalue weighted by molar-refractivity contribution is 5.03. The first-order chi connectivity index (χ1) is 7.79. The number of furan rings is 1. The van der Waals surface area contributed by atoms with E-state index in [0.717, 1.165) is 12.2 Å². The molecule has 0 bridgehead atoms. The van der Waals surface area contributed by atoms with E-state index in [1.807, 2.05) is 19.2 Å². The van der Waals surface area contributed by atoms with E-state index in [1.165, 1.54) is 19.3 Å². The molecule has 1 aliphatic carbocycles. The maximum atomic E-state index is 5.43. The third kappa shape index (κ3) is 2.86. The minimum atomic E-state index is 0.288. The van der Waals surface area contributed by atoms with Crippen molar-refractivity contribution in [1.29, 1.82) is 0 Å². The van der Waals surface area contributed by atoms with Gasteiger partial charge in [0.05, 0.1) is 18.4 Å². The second kappa shape index (κ2) is 5.51. The Labute approximate surface area is 97.2 Å². The zero-order valence-corrected chi connectivity index (χ0v) is 10.1. The van der Waals surface area contributed by atoms with Crippen molar-refractivity contribution >= 4 is 0 Å². The monoisotopic (exact) mass is 223 g/mol. The fourth-order valence-corrected chi connectivity index (χ4v) is 2.48. The Morgan fingerprint density at radius 3 is 3.06 bits per heavy atom. The highest BCUT2D eigenvalue weighted by Crippen LogP contribution is 2.23. The van der Waals surface area contributed by atoms with Crippen LogP contribution >= 0.6 is 0 Å². The molecule has 90 valence electrons. The lowest BCUT2D eigenvalue weighted by Crippen LogP contribution is -2.37. The van der Waals surface area contributed by atoms with Crippen molar-refractivity contribution in [1.82, 2.24) is 5.32 Å². The van der Waals surface area contributed by atoms with Crippen LogP contribution in [0.2, 0.25) is 0 Å². The molecule has 3 nitrogen and oxygen atoms in total. The molecule has 3 atom stereocenters. The molecule has 0 amide bonds. The van der Waals surface area contributed by atoms with Crippen LogP contribution in [0, 0.1) is 0 Å². The Bertz CT molecular complexity index is 297.